The van der Waals surface area contributed by atoms with Crippen molar-refractivity contribution in [3.8, 4) is 16.3 Å². The van der Waals surface area contributed by atoms with Crippen molar-refractivity contribution in [3.05, 3.63) is 48.5 Å². The highest BCUT2D eigenvalue weighted by Gasteiger charge is 2.06. The number of aromatic nitrogens is 1. The van der Waals surface area contributed by atoms with Gasteiger partial charge in [0.15, 0.2) is 5.78 Å². The highest BCUT2D eigenvalue weighted by molar-refractivity contribution is 7.21. The van der Waals surface area contributed by atoms with Gasteiger partial charge in [-0.1, -0.05) is 12.1 Å². The van der Waals surface area contributed by atoms with E-state index in [9.17, 15) is 4.79 Å². The number of para-hydroxylation sites is 1. The molecule has 20 heavy (non-hydrogen) atoms. The summed E-state index contributed by atoms with van der Waals surface area (Å²) in [7, 11) is 0. The minimum atomic E-state index is 0.0141. The Kier molecular flexibility index (Phi) is 3.48. The molecule has 0 spiro atoms. The molecule has 0 saturated heterocycles. The Labute approximate surface area is 120 Å². The van der Waals surface area contributed by atoms with E-state index in [0.717, 1.165) is 16.1 Å². The summed E-state index contributed by atoms with van der Waals surface area (Å²) in [5.74, 6) is 0.713. The molecule has 0 bridgehead atoms. The largest absolute Gasteiger partial charge is 0.486 e. The molecule has 0 atom stereocenters. The number of hydrogen-bond acceptors (Lipinski definition) is 4. The van der Waals surface area contributed by atoms with Gasteiger partial charge in [0.05, 0.1) is 10.2 Å². The van der Waals surface area contributed by atoms with Gasteiger partial charge in [0.1, 0.15) is 17.4 Å². The maximum absolute atomic E-state index is 10.9. The highest BCUT2D eigenvalue weighted by atomic mass is 32.1. The van der Waals surface area contributed by atoms with Gasteiger partial charge in [0, 0.05) is 5.56 Å². The Morgan fingerprint density at radius 3 is 2.60 bits per heavy atom. The zero-order valence-electron chi connectivity index (χ0n) is 11.0. The summed E-state index contributed by atoms with van der Waals surface area (Å²) in [5, 5.41) is 0.990. The van der Waals surface area contributed by atoms with Gasteiger partial charge in [-0.15, -0.1) is 11.3 Å². The molecule has 0 aliphatic rings. The van der Waals surface area contributed by atoms with Crippen molar-refractivity contribution in [1.82, 2.24) is 4.98 Å². The molecule has 0 amide bonds. The molecule has 0 aliphatic carbocycles. The Balaban J connectivity index is 1.85. The number of carbonyl (C=O) groups excluding carboxylic acids is 1. The number of thiazole rings is 1. The molecule has 2 aromatic carbocycles. The first-order valence-corrected chi connectivity index (χ1v) is 7.12. The van der Waals surface area contributed by atoms with Gasteiger partial charge in [-0.25, -0.2) is 4.98 Å². The predicted octanol–water partition coefficient (Wildman–Crippen LogP) is 3.93. The number of ketones is 1. The van der Waals surface area contributed by atoms with E-state index in [4.69, 9.17) is 4.74 Å². The summed E-state index contributed by atoms with van der Waals surface area (Å²) in [6.07, 6.45) is 0. The molecule has 3 rings (SSSR count). The number of hydrogen-bond donors (Lipinski definition) is 0. The van der Waals surface area contributed by atoms with Crippen LogP contribution in [-0.4, -0.2) is 17.4 Å². The zero-order chi connectivity index (χ0) is 13.9. The lowest BCUT2D eigenvalue weighted by molar-refractivity contribution is -0.118. The normalized spacial score (nSPS) is 10.7. The van der Waals surface area contributed by atoms with E-state index in [-0.39, 0.29) is 12.4 Å². The molecule has 0 fully saturated rings. The van der Waals surface area contributed by atoms with Gasteiger partial charge >= 0.3 is 0 Å². The topological polar surface area (TPSA) is 39.2 Å². The fraction of sp³-hybridized carbons (Fsp3) is 0.125. The summed E-state index contributed by atoms with van der Waals surface area (Å²) < 4.78 is 6.53. The van der Waals surface area contributed by atoms with Crippen LogP contribution in [0.3, 0.4) is 0 Å². The van der Waals surface area contributed by atoms with Crippen LogP contribution in [0.4, 0.5) is 0 Å². The van der Waals surface area contributed by atoms with Crippen LogP contribution < -0.4 is 4.74 Å². The molecule has 1 heterocycles. The summed E-state index contributed by atoms with van der Waals surface area (Å²) in [4.78, 5) is 15.5. The van der Waals surface area contributed by atoms with Gasteiger partial charge in [0.25, 0.3) is 0 Å². The van der Waals surface area contributed by atoms with Crippen LogP contribution in [0.1, 0.15) is 6.92 Å². The predicted molar refractivity (Wildman–Crippen MR) is 81.2 cm³/mol. The van der Waals surface area contributed by atoms with E-state index < -0.39 is 0 Å². The number of Topliss-reactive ketones (excluding diaryl/α,β-unsaturated/α-hetero) is 1. The monoisotopic (exact) mass is 283 g/mol. The molecular weight excluding hydrogens is 270 g/mol. The fourth-order valence-electron chi connectivity index (χ4n) is 1.87. The van der Waals surface area contributed by atoms with E-state index >= 15 is 0 Å². The van der Waals surface area contributed by atoms with Crippen LogP contribution in [0.25, 0.3) is 20.8 Å². The number of nitrogens with zero attached hydrogens (tertiary/aromatic N) is 1. The van der Waals surface area contributed by atoms with Crippen LogP contribution >= 0.6 is 11.3 Å². The zero-order valence-corrected chi connectivity index (χ0v) is 11.8. The number of carbonyl (C=O) groups is 1. The van der Waals surface area contributed by atoms with Crippen molar-refractivity contribution in [2.24, 2.45) is 0 Å². The molecule has 0 unspecified atom stereocenters. The Hall–Kier alpha value is -2.20. The standard InChI is InChI=1S/C16H13NO2S/c1-11(18)10-19-13-8-6-12(7-9-13)16-17-14-4-2-3-5-15(14)20-16/h2-9H,10H2,1H3. The lowest BCUT2D eigenvalue weighted by Gasteiger charge is -2.03. The van der Waals surface area contributed by atoms with Crippen LogP contribution in [0.2, 0.25) is 0 Å². The molecule has 4 heteroatoms. The van der Waals surface area contributed by atoms with Crippen LogP contribution in [0.5, 0.6) is 5.75 Å². The molecule has 1 aromatic heterocycles. The Bertz CT molecular complexity index is 714. The van der Waals surface area contributed by atoms with Gasteiger partial charge in [0.2, 0.25) is 0 Å². The number of benzene rings is 2. The number of rotatable bonds is 4. The minimum Gasteiger partial charge on any atom is -0.486 e. The first-order chi connectivity index (χ1) is 9.72. The van der Waals surface area contributed by atoms with E-state index in [1.807, 2.05) is 42.5 Å². The quantitative estimate of drug-likeness (QED) is 0.728. The molecule has 3 nitrogen and oxygen atoms in total. The SMILES string of the molecule is CC(=O)COc1ccc(-c2nc3ccccc3s2)cc1. The Morgan fingerprint density at radius 2 is 1.90 bits per heavy atom. The van der Waals surface area contributed by atoms with Crippen molar-refractivity contribution < 1.29 is 9.53 Å². The molecule has 0 saturated carbocycles. The van der Waals surface area contributed by atoms with Crippen LogP contribution in [-0.2, 0) is 4.79 Å². The second-order valence-electron chi connectivity index (χ2n) is 4.50. The average molecular weight is 283 g/mol. The first-order valence-electron chi connectivity index (χ1n) is 6.30. The van der Waals surface area contributed by atoms with Crippen LogP contribution in [0.15, 0.2) is 48.5 Å². The van der Waals surface area contributed by atoms with E-state index in [1.54, 1.807) is 11.3 Å². The molecule has 3 aromatic rings. The minimum absolute atomic E-state index is 0.0141. The van der Waals surface area contributed by atoms with Crippen molar-refractivity contribution in [2.45, 2.75) is 6.92 Å². The third-order valence-electron chi connectivity index (χ3n) is 2.84. The van der Waals surface area contributed by atoms with Crippen molar-refractivity contribution in [1.29, 1.82) is 0 Å². The summed E-state index contributed by atoms with van der Waals surface area (Å²) in [6, 6.07) is 15.8. The van der Waals surface area contributed by atoms with E-state index in [0.29, 0.717) is 5.75 Å². The van der Waals surface area contributed by atoms with Gasteiger partial charge in [-0.3, -0.25) is 4.79 Å². The maximum Gasteiger partial charge on any atom is 0.167 e. The van der Waals surface area contributed by atoms with Crippen molar-refractivity contribution in [3.63, 3.8) is 0 Å². The molecular formula is C16H13NO2S. The summed E-state index contributed by atoms with van der Waals surface area (Å²) in [5.41, 5.74) is 2.07. The fourth-order valence-corrected chi connectivity index (χ4v) is 2.85. The van der Waals surface area contributed by atoms with Crippen LogP contribution in [0, 0.1) is 0 Å². The van der Waals surface area contributed by atoms with Gasteiger partial charge < -0.3 is 4.74 Å². The lowest BCUT2D eigenvalue weighted by atomic mass is 10.2. The molecule has 100 valence electrons. The van der Waals surface area contributed by atoms with Crippen molar-refractivity contribution in [2.75, 3.05) is 6.61 Å². The maximum atomic E-state index is 10.9. The van der Waals surface area contributed by atoms with Gasteiger partial charge in [-0.2, -0.15) is 0 Å². The lowest BCUT2D eigenvalue weighted by Crippen LogP contribution is -2.06. The Morgan fingerprint density at radius 1 is 1.15 bits per heavy atom. The van der Waals surface area contributed by atoms with E-state index in [2.05, 4.69) is 11.1 Å². The molecule has 0 radical (unpaired) electrons. The van der Waals surface area contributed by atoms with Gasteiger partial charge in [-0.05, 0) is 43.3 Å². The summed E-state index contributed by atoms with van der Waals surface area (Å²) in [6.45, 7) is 1.62. The third kappa shape index (κ3) is 2.70. The second kappa shape index (κ2) is 5.43. The smallest absolute Gasteiger partial charge is 0.167 e. The van der Waals surface area contributed by atoms with E-state index in [1.165, 1.54) is 11.6 Å². The average Bonchev–Trinajstić information content (AvgIpc) is 2.89. The number of ether oxygens (including phenoxy) is 1. The highest BCUT2D eigenvalue weighted by Crippen LogP contribution is 2.30. The summed E-state index contributed by atoms with van der Waals surface area (Å²) >= 11 is 1.67. The third-order valence-corrected chi connectivity index (χ3v) is 3.92. The number of fused-ring (bicyclic) bond motifs is 1. The van der Waals surface area contributed by atoms with Crippen molar-refractivity contribution >= 4 is 27.3 Å². The molecule has 0 N–H and O–H groups in total. The first kappa shape index (κ1) is 12.8. The second-order valence-corrected chi connectivity index (χ2v) is 5.53. The molecule has 0 aliphatic heterocycles.